The molecule has 25 heavy (non-hydrogen) atoms. The van der Waals surface area contributed by atoms with Crippen LogP contribution in [0.25, 0.3) is 0 Å². The van der Waals surface area contributed by atoms with Gasteiger partial charge in [-0.3, -0.25) is 9.48 Å². The number of aromatic nitrogens is 2. The summed E-state index contributed by atoms with van der Waals surface area (Å²) in [6.45, 7) is 0. The third kappa shape index (κ3) is 4.56. The predicted molar refractivity (Wildman–Crippen MR) is 74.3 cm³/mol. The summed E-state index contributed by atoms with van der Waals surface area (Å²) in [5.74, 6) is -1.54. The molecule has 1 heterocycles. The normalized spacial score (nSPS) is 12.2. The number of amides is 1. The van der Waals surface area contributed by atoms with Crippen LogP contribution < -0.4 is 10.1 Å². The Morgan fingerprint density at radius 1 is 1.16 bits per heavy atom. The molecule has 0 radical (unpaired) electrons. The molecule has 0 saturated heterocycles. The average molecular weight is 388 g/mol. The molecule has 0 unspecified atom stereocenters. The number of ether oxygens (including phenoxy) is 1. The number of carbonyl (C=O) groups excluding carboxylic acids is 1. The fourth-order valence-corrected chi connectivity index (χ4v) is 2.21. The highest BCUT2D eigenvalue weighted by Crippen LogP contribution is 2.35. The second-order valence-electron chi connectivity index (χ2n) is 4.66. The standard InChI is InChI=1S/C13H8ClF6N3O2/c1-23-9(8(14)10(22-23)12(15,16)17)11(24)21-6-2-4-7(5-3-6)25-13(18,19)20/h2-5H,1H3,(H,21,24). The van der Waals surface area contributed by atoms with E-state index in [0.29, 0.717) is 4.68 Å². The molecule has 12 heteroatoms. The lowest BCUT2D eigenvalue weighted by molar-refractivity contribution is -0.274. The fraction of sp³-hybridized carbons (Fsp3) is 0.231. The summed E-state index contributed by atoms with van der Waals surface area (Å²) < 4.78 is 78.6. The highest BCUT2D eigenvalue weighted by Gasteiger charge is 2.39. The first-order valence-corrected chi connectivity index (χ1v) is 6.73. The van der Waals surface area contributed by atoms with E-state index < -0.39 is 40.6 Å². The van der Waals surface area contributed by atoms with Gasteiger partial charge in [0.2, 0.25) is 0 Å². The molecule has 0 aliphatic rings. The Kier molecular flexibility index (Phi) is 4.89. The fourth-order valence-electron chi connectivity index (χ4n) is 1.86. The summed E-state index contributed by atoms with van der Waals surface area (Å²) in [6, 6.07) is 4.01. The number of aryl methyl sites for hydroxylation is 1. The predicted octanol–water partition coefficient (Wildman–Crippen LogP) is 4.24. The summed E-state index contributed by atoms with van der Waals surface area (Å²) in [6.07, 6.45) is -9.72. The number of halogens is 7. The summed E-state index contributed by atoms with van der Waals surface area (Å²) in [5, 5.41) is 4.47. The van der Waals surface area contributed by atoms with Gasteiger partial charge in [0.15, 0.2) is 5.69 Å². The van der Waals surface area contributed by atoms with E-state index in [-0.39, 0.29) is 5.69 Å². The van der Waals surface area contributed by atoms with Crippen molar-refractivity contribution >= 4 is 23.2 Å². The molecule has 1 aromatic carbocycles. The van der Waals surface area contributed by atoms with Crippen molar-refractivity contribution in [3.05, 3.63) is 40.7 Å². The minimum atomic E-state index is -4.87. The smallest absolute Gasteiger partial charge is 0.406 e. The van der Waals surface area contributed by atoms with Crippen molar-refractivity contribution in [1.29, 1.82) is 0 Å². The minimum absolute atomic E-state index is 0.0188. The number of hydrogen-bond acceptors (Lipinski definition) is 3. The SMILES string of the molecule is Cn1nc(C(F)(F)F)c(Cl)c1C(=O)Nc1ccc(OC(F)(F)F)cc1. The average Bonchev–Trinajstić information content (AvgIpc) is 2.74. The summed E-state index contributed by atoms with van der Waals surface area (Å²) >= 11 is 5.56. The maximum atomic E-state index is 12.7. The van der Waals surface area contributed by atoms with Crippen LogP contribution in [0.2, 0.25) is 5.02 Å². The Bertz CT molecular complexity index is 783. The summed E-state index contributed by atoms with van der Waals surface area (Å²) in [4.78, 5) is 12.1. The van der Waals surface area contributed by atoms with Crippen LogP contribution in [0.3, 0.4) is 0 Å². The topological polar surface area (TPSA) is 56.2 Å². The number of alkyl halides is 6. The minimum Gasteiger partial charge on any atom is -0.406 e. The van der Waals surface area contributed by atoms with E-state index >= 15 is 0 Å². The molecule has 1 amide bonds. The van der Waals surface area contributed by atoms with Crippen LogP contribution in [-0.4, -0.2) is 22.1 Å². The van der Waals surface area contributed by atoms with Crippen molar-refractivity contribution in [2.45, 2.75) is 12.5 Å². The monoisotopic (exact) mass is 387 g/mol. The quantitative estimate of drug-likeness (QED) is 0.801. The van der Waals surface area contributed by atoms with Crippen molar-refractivity contribution in [2.24, 2.45) is 7.05 Å². The van der Waals surface area contributed by atoms with E-state index in [1.165, 1.54) is 0 Å². The second-order valence-corrected chi connectivity index (χ2v) is 5.04. The number of anilines is 1. The third-order valence-electron chi connectivity index (χ3n) is 2.82. The van der Waals surface area contributed by atoms with Crippen LogP contribution in [-0.2, 0) is 13.2 Å². The van der Waals surface area contributed by atoms with E-state index in [4.69, 9.17) is 11.6 Å². The van der Waals surface area contributed by atoms with Gasteiger partial charge in [0.25, 0.3) is 5.91 Å². The van der Waals surface area contributed by atoms with Gasteiger partial charge in [0.05, 0.1) is 0 Å². The second kappa shape index (κ2) is 6.47. The van der Waals surface area contributed by atoms with Gasteiger partial charge in [-0.2, -0.15) is 18.3 Å². The molecule has 0 fully saturated rings. The van der Waals surface area contributed by atoms with Crippen LogP contribution in [0, 0.1) is 0 Å². The molecule has 136 valence electrons. The molecule has 1 N–H and O–H groups in total. The molecule has 2 aromatic rings. The lowest BCUT2D eigenvalue weighted by Gasteiger charge is -2.10. The molecule has 0 saturated carbocycles. The lowest BCUT2D eigenvalue weighted by atomic mass is 10.2. The maximum absolute atomic E-state index is 12.7. The molecule has 0 aliphatic heterocycles. The van der Waals surface area contributed by atoms with Gasteiger partial charge >= 0.3 is 12.5 Å². The number of hydrogen-bond donors (Lipinski definition) is 1. The van der Waals surface area contributed by atoms with Gasteiger partial charge in [-0.15, -0.1) is 13.2 Å². The Hall–Kier alpha value is -2.43. The molecular weight excluding hydrogens is 380 g/mol. The highest BCUT2D eigenvalue weighted by atomic mass is 35.5. The van der Waals surface area contributed by atoms with Gasteiger partial charge < -0.3 is 10.1 Å². The summed E-state index contributed by atoms with van der Waals surface area (Å²) in [5.41, 5.74) is -1.95. The number of carbonyl (C=O) groups is 1. The molecule has 0 atom stereocenters. The summed E-state index contributed by atoms with van der Waals surface area (Å²) in [7, 11) is 1.09. The molecule has 0 bridgehead atoms. The highest BCUT2D eigenvalue weighted by molar-refractivity contribution is 6.34. The molecule has 1 aromatic heterocycles. The van der Waals surface area contributed by atoms with Gasteiger partial charge in [0, 0.05) is 12.7 Å². The maximum Gasteiger partial charge on any atom is 0.573 e. The molecule has 0 aliphatic carbocycles. The number of nitrogens with one attached hydrogen (secondary N) is 1. The van der Waals surface area contributed by atoms with E-state index in [0.717, 1.165) is 31.3 Å². The van der Waals surface area contributed by atoms with Gasteiger partial charge in [-0.05, 0) is 24.3 Å². The first-order valence-electron chi connectivity index (χ1n) is 6.35. The van der Waals surface area contributed by atoms with Crippen LogP contribution in [0.5, 0.6) is 5.75 Å². The Morgan fingerprint density at radius 3 is 2.16 bits per heavy atom. The van der Waals surface area contributed by atoms with Crippen LogP contribution in [0.4, 0.5) is 32.0 Å². The van der Waals surface area contributed by atoms with E-state index in [1.807, 2.05) is 0 Å². The van der Waals surface area contributed by atoms with E-state index in [2.05, 4.69) is 15.2 Å². The van der Waals surface area contributed by atoms with Crippen LogP contribution in [0.1, 0.15) is 16.2 Å². The number of nitrogens with zero attached hydrogens (tertiary/aromatic N) is 2. The number of benzene rings is 1. The van der Waals surface area contributed by atoms with Crippen molar-refractivity contribution in [3.8, 4) is 5.75 Å². The molecule has 0 spiro atoms. The van der Waals surface area contributed by atoms with E-state index in [1.54, 1.807) is 0 Å². The zero-order valence-corrected chi connectivity index (χ0v) is 12.9. The lowest BCUT2D eigenvalue weighted by Crippen LogP contribution is -2.18. The first-order chi connectivity index (χ1) is 11.4. The van der Waals surface area contributed by atoms with Crippen molar-refractivity contribution in [1.82, 2.24) is 9.78 Å². The zero-order valence-electron chi connectivity index (χ0n) is 12.2. The van der Waals surface area contributed by atoms with Gasteiger partial charge in [0.1, 0.15) is 16.5 Å². The largest absolute Gasteiger partial charge is 0.573 e. The van der Waals surface area contributed by atoms with Crippen molar-refractivity contribution in [2.75, 3.05) is 5.32 Å². The van der Waals surface area contributed by atoms with E-state index in [9.17, 15) is 31.1 Å². The van der Waals surface area contributed by atoms with Crippen LogP contribution in [0.15, 0.2) is 24.3 Å². The molecule has 5 nitrogen and oxygen atoms in total. The van der Waals surface area contributed by atoms with Crippen LogP contribution >= 0.6 is 11.6 Å². The van der Waals surface area contributed by atoms with Gasteiger partial charge in [-0.1, -0.05) is 11.6 Å². The molecule has 2 rings (SSSR count). The Labute approximate surface area is 141 Å². The van der Waals surface area contributed by atoms with Crippen molar-refractivity contribution < 1.29 is 35.9 Å². The number of rotatable bonds is 3. The third-order valence-corrected chi connectivity index (χ3v) is 3.18. The molecular formula is C13H8ClF6N3O2. The Balaban J connectivity index is 2.19. The van der Waals surface area contributed by atoms with Crippen molar-refractivity contribution in [3.63, 3.8) is 0 Å². The first kappa shape index (κ1) is 18.9. The Morgan fingerprint density at radius 2 is 1.72 bits per heavy atom. The zero-order chi connectivity index (χ0) is 19.0. The van der Waals surface area contributed by atoms with Gasteiger partial charge in [-0.25, -0.2) is 0 Å².